The molecule has 0 heterocycles. The van der Waals surface area contributed by atoms with Gasteiger partial charge in [-0.2, -0.15) is 0 Å². The zero-order chi connectivity index (χ0) is 15.4. The van der Waals surface area contributed by atoms with Crippen LogP contribution in [0.5, 0.6) is 5.75 Å². The van der Waals surface area contributed by atoms with Gasteiger partial charge in [-0.15, -0.1) is 0 Å². The molecule has 0 amide bonds. The van der Waals surface area contributed by atoms with E-state index in [4.69, 9.17) is 4.74 Å². The first-order valence-electron chi connectivity index (χ1n) is 6.58. The van der Waals surface area contributed by atoms with E-state index in [1.807, 2.05) is 6.92 Å². The van der Waals surface area contributed by atoms with Gasteiger partial charge in [0.05, 0.1) is 13.2 Å². The Labute approximate surface area is 121 Å². The fourth-order valence-corrected chi connectivity index (χ4v) is 2.20. The third kappa shape index (κ3) is 3.36. The van der Waals surface area contributed by atoms with E-state index < -0.39 is 23.5 Å². The van der Waals surface area contributed by atoms with Crippen molar-refractivity contribution in [2.45, 2.75) is 13.0 Å². The lowest BCUT2D eigenvalue weighted by molar-refractivity contribution is 0.410. The predicted octanol–water partition coefficient (Wildman–Crippen LogP) is 3.81. The number of hydrogen-bond acceptors (Lipinski definition) is 2. The highest BCUT2D eigenvalue weighted by Gasteiger charge is 2.21. The van der Waals surface area contributed by atoms with E-state index in [9.17, 15) is 13.2 Å². The zero-order valence-electron chi connectivity index (χ0n) is 11.8. The number of ether oxygens (including phenoxy) is 1. The summed E-state index contributed by atoms with van der Waals surface area (Å²) in [7, 11) is 1.44. The van der Waals surface area contributed by atoms with Gasteiger partial charge in [-0.1, -0.05) is 19.1 Å². The van der Waals surface area contributed by atoms with Gasteiger partial charge in [-0.05, 0) is 18.7 Å². The Bertz CT molecular complexity index is 631. The van der Waals surface area contributed by atoms with Gasteiger partial charge in [0.2, 0.25) is 0 Å². The highest BCUT2D eigenvalue weighted by Crippen LogP contribution is 2.29. The van der Waals surface area contributed by atoms with Crippen LogP contribution in [0.15, 0.2) is 36.4 Å². The molecule has 0 aromatic heterocycles. The number of hydrogen-bond donors (Lipinski definition) is 1. The molecule has 0 saturated carbocycles. The maximum atomic E-state index is 14.2. The van der Waals surface area contributed by atoms with Crippen molar-refractivity contribution in [2.24, 2.45) is 0 Å². The van der Waals surface area contributed by atoms with E-state index in [1.165, 1.54) is 25.3 Å². The molecule has 1 atom stereocenters. The number of rotatable bonds is 5. The van der Waals surface area contributed by atoms with Crippen molar-refractivity contribution in [3.8, 4) is 5.75 Å². The lowest BCUT2D eigenvalue weighted by atomic mass is 9.97. The van der Waals surface area contributed by atoms with Gasteiger partial charge < -0.3 is 10.1 Å². The molecule has 2 aromatic rings. The van der Waals surface area contributed by atoms with Gasteiger partial charge in [-0.3, -0.25) is 0 Å². The maximum absolute atomic E-state index is 14.2. The first kappa shape index (κ1) is 15.4. The molecule has 0 radical (unpaired) electrons. The number of benzene rings is 2. The second kappa shape index (κ2) is 6.63. The molecule has 0 spiro atoms. The Balaban J connectivity index is 2.48. The lowest BCUT2D eigenvalue weighted by Gasteiger charge is -2.20. The molecule has 21 heavy (non-hydrogen) atoms. The first-order valence-corrected chi connectivity index (χ1v) is 6.58. The molecule has 5 heteroatoms. The Morgan fingerprint density at radius 2 is 1.62 bits per heavy atom. The molecule has 0 aliphatic heterocycles. The molecule has 2 nitrogen and oxygen atoms in total. The van der Waals surface area contributed by atoms with E-state index in [-0.39, 0.29) is 11.1 Å². The molecule has 0 fully saturated rings. The average Bonchev–Trinajstić information content (AvgIpc) is 2.46. The zero-order valence-corrected chi connectivity index (χ0v) is 11.8. The molecule has 2 aromatic carbocycles. The molecule has 0 aliphatic carbocycles. The minimum absolute atomic E-state index is 0.197. The molecule has 0 saturated heterocycles. The van der Waals surface area contributed by atoms with Gasteiger partial charge >= 0.3 is 0 Å². The molecule has 0 aliphatic rings. The van der Waals surface area contributed by atoms with Crippen LogP contribution in [0.2, 0.25) is 0 Å². The second-order valence-corrected chi connectivity index (χ2v) is 4.54. The van der Waals surface area contributed by atoms with Crippen LogP contribution in [0.3, 0.4) is 0 Å². The second-order valence-electron chi connectivity index (χ2n) is 4.54. The van der Waals surface area contributed by atoms with Crippen LogP contribution in [0, 0.1) is 17.5 Å². The summed E-state index contributed by atoms with van der Waals surface area (Å²) in [5.41, 5.74) is 0.477. The number of nitrogens with one attached hydrogen (secondary N) is 1. The van der Waals surface area contributed by atoms with Crippen molar-refractivity contribution in [3.63, 3.8) is 0 Å². The standard InChI is InChI=1S/C16H16F3NO/c1-3-20-16(12-6-4-10(17)8-14(12)18)13-7-5-11(21-2)9-15(13)19/h4-9,16,20H,3H2,1-2H3. The van der Waals surface area contributed by atoms with Crippen molar-refractivity contribution in [1.82, 2.24) is 5.32 Å². The van der Waals surface area contributed by atoms with E-state index in [0.717, 1.165) is 12.1 Å². The smallest absolute Gasteiger partial charge is 0.132 e. The van der Waals surface area contributed by atoms with Crippen molar-refractivity contribution in [1.29, 1.82) is 0 Å². The van der Waals surface area contributed by atoms with Crippen LogP contribution in [-0.4, -0.2) is 13.7 Å². The van der Waals surface area contributed by atoms with Gasteiger partial charge in [-0.25, -0.2) is 13.2 Å². The topological polar surface area (TPSA) is 21.3 Å². The van der Waals surface area contributed by atoms with Crippen molar-refractivity contribution >= 4 is 0 Å². The molecular formula is C16H16F3NO. The fraction of sp³-hybridized carbons (Fsp3) is 0.250. The van der Waals surface area contributed by atoms with Gasteiger partial charge in [0.1, 0.15) is 23.2 Å². The van der Waals surface area contributed by atoms with Crippen LogP contribution in [-0.2, 0) is 0 Å². The summed E-state index contributed by atoms with van der Waals surface area (Å²) < 4.78 is 46.1. The first-order chi connectivity index (χ1) is 10.1. The molecule has 2 rings (SSSR count). The normalized spacial score (nSPS) is 12.2. The molecule has 0 bridgehead atoms. The summed E-state index contributed by atoms with van der Waals surface area (Å²) in [6.07, 6.45) is 0. The maximum Gasteiger partial charge on any atom is 0.132 e. The van der Waals surface area contributed by atoms with Gasteiger partial charge in [0.15, 0.2) is 0 Å². The summed E-state index contributed by atoms with van der Waals surface area (Å²) in [5.74, 6) is -1.51. The van der Waals surface area contributed by atoms with E-state index >= 15 is 0 Å². The largest absolute Gasteiger partial charge is 0.497 e. The van der Waals surface area contributed by atoms with Crippen molar-refractivity contribution in [3.05, 3.63) is 65.0 Å². The van der Waals surface area contributed by atoms with Crippen LogP contribution in [0.4, 0.5) is 13.2 Å². The average molecular weight is 295 g/mol. The minimum atomic E-state index is -0.712. The monoisotopic (exact) mass is 295 g/mol. The highest BCUT2D eigenvalue weighted by molar-refractivity contribution is 5.37. The third-order valence-corrected chi connectivity index (χ3v) is 3.20. The van der Waals surface area contributed by atoms with Crippen LogP contribution in [0.25, 0.3) is 0 Å². The Morgan fingerprint density at radius 1 is 1.00 bits per heavy atom. The summed E-state index contributed by atoms with van der Waals surface area (Å²) in [4.78, 5) is 0. The quantitative estimate of drug-likeness (QED) is 0.905. The lowest BCUT2D eigenvalue weighted by Crippen LogP contribution is -2.24. The summed E-state index contributed by atoms with van der Waals surface area (Å²) in [6.45, 7) is 2.34. The molecule has 112 valence electrons. The van der Waals surface area contributed by atoms with Crippen molar-refractivity contribution < 1.29 is 17.9 Å². The number of methoxy groups -OCH3 is 1. The minimum Gasteiger partial charge on any atom is -0.497 e. The summed E-state index contributed by atoms with van der Waals surface area (Å²) in [6, 6.07) is 6.95. The van der Waals surface area contributed by atoms with Crippen LogP contribution >= 0.6 is 0 Å². The summed E-state index contributed by atoms with van der Waals surface area (Å²) in [5, 5.41) is 3.01. The Hall–Kier alpha value is -2.01. The van der Waals surface area contributed by atoms with Crippen molar-refractivity contribution in [2.75, 3.05) is 13.7 Å². The van der Waals surface area contributed by atoms with E-state index in [1.54, 1.807) is 6.07 Å². The number of halogens is 3. The van der Waals surface area contributed by atoms with Crippen LogP contribution in [0.1, 0.15) is 24.1 Å². The fourth-order valence-electron chi connectivity index (χ4n) is 2.20. The molecule has 1 N–H and O–H groups in total. The highest BCUT2D eigenvalue weighted by atomic mass is 19.1. The predicted molar refractivity (Wildman–Crippen MR) is 74.8 cm³/mol. The Morgan fingerprint density at radius 3 is 2.14 bits per heavy atom. The Kier molecular flexibility index (Phi) is 4.85. The van der Waals surface area contributed by atoms with E-state index in [2.05, 4.69) is 5.32 Å². The summed E-state index contributed by atoms with van der Waals surface area (Å²) >= 11 is 0. The SMILES string of the molecule is CCNC(c1ccc(F)cc1F)c1ccc(OC)cc1F. The van der Waals surface area contributed by atoms with Crippen LogP contribution < -0.4 is 10.1 Å². The molecule has 1 unspecified atom stereocenters. The van der Waals surface area contributed by atoms with Gasteiger partial charge in [0.25, 0.3) is 0 Å². The molecular weight excluding hydrogens is 279 g/mol. The third-order valence-electron chi connectivity index (χ3n) is 3.20. The van der Waals surface area contributed by atoms with E-state index in [0.29, 0.717) is 12.3 Å². The van der Waals surface area contributed by atoms with Gasteiger partial charge in [0, 0.05) is 23.3 Å².